The quantitative estimate of drug-likeness (QED) is 0.480. The molecule has 1 saturated carbocycles. The molecule has 0 spiro atoms. The van der Waals surface area contributed by atoms with Crippen molar-refractivity contribution >= 4 is 38.3 Å². The van der Waals surface area contributed by atoms with E-state index in [0.717, 1.165) is 5.56 Å². The third-order valence-electron chi connectivity index (χ3n) is 6.30. The summed E-state index contributed by atoms with van der Waals surface area (Å²) < 4.78 is 37.5. The van der Waals surface area contributed by atoms with Gasteiger partial charge in [-0.2, -0.15) is 0 Å². The fraction of sp³-hybridized carbons (Fsp3) is 0.360. The molecule has 0 radical (unpaired) electrons. The first-order chi connectivity index (χ1) is 17.0. The van der Waals surface area contributed by atoms with Gasteiger partial charge in [-0.05, 0) is 55.5 Å². The summed E-state index contributed by atoms with van der Waals surface area (Å²) in [6.07, 6.45) is 3.94. The monoisotopic (exact) mass is 533 g/mol. The summed E-state index contributed by atoms with van der Waals surface area (Å²) in [4.78, 5) is 24.3. The number of methoxy groups -OCH3 is 1. The van der Waals surface area contributed by atoms with E-state index in [1.165, 1.54) is 29.8 Å². The lowest BCUT2D eigenvalue weighted by atomic mass is 9.93. The molecule has 1 heterocycles. The number of pyridine rings is 1. The molecule has 1 aromatic heterocycles. The number of hydrogen-bond acceptors (Lipinski definition) is 6. The van der Waals surface area contributed by atoms with Gasteiger partial charge in [-0.15, -0.1) is 0 Å². The van der Waals surface area contributed by atoms with Gasteiger partial charge in [0.25, 0.3) is 5.56 Å². The SMILES string of the molecule is COc1ccc(Cn2cc(Cl)c3cc(OC4CCC(NC(C)=O)CC4)c(S(N)(=O)=O)cc3c2=O)cc1. The maximum Gasteiger partial charge on any atom is 0.258 e. The smallest absolute Gasteiger partial charge is 0.258 e. The second-order valence-corrected chi connectivity index (χ2v) is 10.9. The highest BCUT2D eigenvalue weighted by atomic mass is 35.5. The van der Waals surface area contributed by atoms with Crippen molar-refractivity contribution in [3.63, 3.8) is 0 Å². The van der Waals surface area contributed by atoms with Gasteiger partial charge in [0.05, 0.1) is 30.2 Å². The molecule has 0 unspecified atom stereocenters. The van der Waals surface area contributed by atoms with Gasteiger partial charge in [0.15, 0.2) is 0 Å². The lowest BCUT2D eigenvalue weighted by Crippen LogP contribution is -2.38. The van der Waals surface area contributed by atoms with Crippen LogP contribution in [0.5, 0.6) is 11.5 Å². The summed E-state index contributed by atoms with van der Waals surface area (Å²) in [5.74, 6) is 0.663. The predicted molar refractivity (Wildman–Crippen MR) is 137 cm³/mol. The Morgan fingerprint density at radius 2 is 1.81 bits per heavy atom. The van der Waals surface area contributed by atoms with Crippen molar-refractivity contribution in [2.75, 3.05) is 7.11 Å². The first kappa shape index (κ1) is 26.0. The van der Waals surface area contributed by atoms with Crippen molar-refractivity contribution in [1.82, 2.24) is 9.88 Å². The Bertz CT molecular complexity index is 1450. The number of aromatic nitrogens is 1. The Morgan fingerprint density at radius 1 is 1.14 bits per heavy atom. The van der Waals surface area contributed by atoms with Crippen molar-refractivity contribution in [1.29, 1.82) is 0 Å². The van der Waals surface area contributed by atoms with E-state index in [1.54, 1.807) is 19.2 Å². The Labute approximate surface area is 214 Å². The summed E-state index contributed by atoms with van der Waals surface area (Å²) in [6.45, 7) is 1.71. The average Bonchev–Trinajstić information content (AvgIpc) is 2.83. The zero-order chi connectivity index (χ0) is 26.0. The van der Waals surface area contributed by atoms with Crippen LogP contribution in [0.2, 0.25) is 5.02 Å². The zero-order valence-corrected chi connectivity index (χ0v) is 21.6. The number of amides is 1. The number of carbonyl (C=O) groups excluding carboxylic acids is 1. The number of ether oxygens (including phenoxy) is 2. The van der Waals surface area contributed by atoms with Crippen molar-refractivity contribution < 1.29 is 22.7 Å². The molecule has 3 N–H and O–H groups in total. The summed E-state index contributed by atoms with van der Waals surface area (Å²) in [5, 5.41) is 9.18. The summed E-state index contributed by atoms with van der Waals surface area (Å²) in [5.41, 5.74) is 0.437. The van der Waals surface area contributed by atoms with Crippen LogP contribution in [-0.4, -0.2) is 38.1 Å². The average molecular weight is 534 g/mol. The largest absolute Gasteiger partial charge is 0.497 e. The highest BCUT2D eigenvalue weighted by Gasteiger charge is 2.26. The number of nitrogens with one attached hydrogen (secondary N) is 1. The van der Waals surface area contributed by atoms with E-state index in [1.807, 2.05) is 12.1 Å². The van der Waals surface area contributed by atoms with Gasteiger partial charge in [-0.3, -0.25) is 9.59 Å². The molecule has 3 aromatic rings. The van der Waals surface area contributed by atoms with Crippen LogP contribution in [-0.2, 0) is 21.4 Å². The molecule has 0 saturated heterocycles. The Balaban J connectivity index is 1.67. The molecule has 1 fully saturated rings. The van der Waals surface area contributed by atoms with Crippen LogP contribution in [0.25, 0.3) is 10.8 Å². The van der Waals surface area contributed by atoms with Crippen LogP contribution in [0.15, 0.2) is 52.3 Å². The fourth-order valence-electron chi connectivity index (χ4n) is 4.51. The van der Waals surface area contributed by atoms with E-state index in [4.69, 9.17) is 26.2 Å². The Hall–Kier alpha value is -3.08. The van der Waals surface area contributed by atoms with Crippen molar-refractivity contribution in [3.8, 4) is 11.5 Å². The van der Waals surface area contributed by atoms with E-state index in [0.29, 0.717) is 36.8 Å². The molecule has 2 aromatic carbocycles. The third kappa shape index (κ3) is 5.83. The van der Waals surface area contributed by atoms with Crippen molar-refractivity contribution in [2.24, 2.45) is 5.14 Å². The first-order valence-corrected chi connectivity index (χ1v) is 13.4. The summed E-state index contributed by atoms with van der Waals surface area (Å²) >= 11 is 6.54. The highest BCUT2D eigenvalue weighted by molar-refractivity contribution is 7.89. The first-order valence-electron chi connectivity index (χ1n) is 11.5. The van der Waals surface area contributed by atoms with Crippen LogP contribution in [0.1, 0.15) is 38.2 Å². The minimum absolute atomic E-state index is 0.0576. The predicted octanol–water partition coefficient (Wildman–Crippen LogP) is 3.19. The van der Waals surface area contributed by atoms with Crippen molar-refractivity contribution in [3.05, 3.63) is 63.5 Å². The Morgan fingerprint density at radius 3 is 2.39 bits per heavy atom. The second-order valence-electron chi connectivity index (χ2n) is 8.94. The van der Waals surface area contributed by atoms with Crippen LogP contribution >= 0.6 is 11.6 Å². The van der Waals surface area contributed by atoms with Crippen LogP contribution in [0.3, 0.4) is 0 Å². The molecular formula is C25H28ClN3O6S. The van der Waals surface area contributed by atoms with Gasteiger partial charge in [-0.1, -0.05) is 23.7 Å². The number of benzene rings is 2. The lowest BCUT2D eigenvalue weighted by molar-refractivity contribution is -0.120. The number of hydrogen-bond donors (Lipinski definition) is 2. The van der Waals surface area contributed by atoms with E-state index in [-0.39, 0.29) is 45.7 Å². The number of rotatable bonds is 7. The number of halogens is 1. The third-order valence-corrected chi connectivity index (χ3v) is 7.53. The molecule has 1 aliphatic rings. The number of carbonyl (C=O) groups is 1. The number of primary sulfonamides is 1. The minimum Gasteiger partial charge on any atom is -0.497 e. The van der Waals surface area contributed by atoms with Crippen LogP contribution in [0, 0.1) is 0 Å². The van der Waals surface area contributed by atoms with Crippen molar-refractivity contribution in [2.45, 2.75) is 56.2 Å². The topological polar surface area (TPSA) is 130 Å². The lowest BCUT2D eigenvalue weighted by Gasteiger charge is -2.29. The molecule has 9 nitrogen and oxygen atoms in total. The molecule has 0 atom stereocenters. The summed E-state index contributed by atoms with van der Waals surface area (Å²) in [6, 6.07) is 10.0. The van der Waals surface area contributed by atoms with Gasteiger partial charge in [0.1, 0.15) is 16.4 Å². The normalized spacial score (nSPS) is 18.1. The maximum absolute atomic E-state index is 13.3. The maximum atomic E-state index is 13.3. The number of sulfonamides is 1. The number of nitrogens with two attached hydrogens (primary N) is 1. The van der Waals surface area contributed by atoms with Gasteiger partial charge in [-0.25, -0.2) is 13.6 Å². The highest BCUT2D eigenvalue weighted by Crippen LogP contribution is 2.34. The molecule has 192 valence electrons. The summed E-state index contributed by atoms with van der Waals surface area (Å²) in [7, 11) is -2.63. The minimum atomic E-state index is -4.20. The van der Waals surface area contributed by atoms with E-state index in [9.17, 15) is 18.0 Å². The number of fused-ring (bicyclic) bond motifs is 1. The molecular weight excluding hydrogens is 506 g/mol. The zero-order valence-electron chi connectivity index (χ0n) is 20.0. The van der Waals surface area contributed by atoms with Crippen LogP contribution < -0.4 is 25.5 Å². The number of nitrogens with zero attached hydrogens (tertiary/aromatic N) is 1. The molecule has 0 bridgehead atoms. The molecule has 11 heteroatoms. The molecule has 4 rings (SSSR count). The van der Waals surface area contributed by atoms with Gasteiger partial charge in [0.2, 0.25) is 15.9 Å². The molecule has 0 aliphatic heterocycles. The van der Waals surface area contributed by atoms with Gasteiger partial charge < -0.3 is 19.4 Å². The van der Waals surface area contributed by atoms with E-state index < -0.39 is 15.6 Å². The van der Waals surface area contributed by atoms with Gasteiger partial charge >= 0.3 is 0 Å². The van der Waals surface area contributed by atoms with Crippen LogP contribution in [0.4, 0.5) is 0 Å². The van der Waals surface area contributed by atoms with E-state index in [2.05, 4.69) is 5.32 Å². The van der Waals surface area contributed by atoms with Gasteiger partial charge in [0, 0.05) is 24.5 Å². The fourth-order valence-corrected chi connectivity index (χ4v) is 5.45. The standard InChI is InChI=1S/C25H28ClN3O6S/c1-15(30)28-17-5-9-19(10-6-17)35-23-11-20-21(12-24(23)36(27,32)33)25(31)29(14-22(20)26)13-16-3-7-18(34-2)8-4-16/h3-4,7-8,11-12,14,17,19H,5-6,9-10,13H2,1-2H3,(H,28,30)(H2,27,32,33). The molecule has 1 amide bonds. The van der Waals surface area contributed by atoms with E-state index >= 15 is 0 Å². The molecule has 36 heavy (non-hydrogen) atoms. The Kier molecular flexibility index (Phi) is 7.58. The molecule has 1 aliphatic carbocycles. The second kappa shape index (κ2) is 10.5.